The fraction of sp³-hybridized carbons (Fsp3) is 0.286. The Morgan fingerprint density at radius 2 is 0.838 bits per heavy atom. The van der Waals surface area contributed by atoms with Gasteiger partial charge >= 0.3 is 24.2 Å². The second-order valence-electron chi connectivity index (χ2n) is 26.2. The van der Waals surface area contributed by atoms with Crippen LogP contribution in [-0.4, -0.2) is 48.7 Å². The van der Waals surface area contributed by atoms with E-state index in [1.807, 2.05) is 24.3 Å². The number of esters is 2. The molecule has 0 heterocycles. The monoisotopic (exact) mass is 1050 g/mol. The highest BCUT2D eigenvalue weighted by molar-refractivity contribution is 6.65. The van der Waals surface area contributed by atoms with E-state index in [9.17, 15) is 9.59 Å². The van der Waals surface area contributed by atoms with Crippen molar-refractivity contribution >= 4 is 143 Å². The topological polar surface area (TPSA) is 124 Å². The van der Waals surface area contributed by atoms with Crippen molar-refractivity contribution in [3.8, 4) is 11.5 Å². The summed E-state index contributed by atoms with van der Waals surface area (Å²) in [5, 5.41) is 30.1. The molecule has 0 aliphatic heterocycles. The summed E-state index contributed by atoms with van der Waals surface area (Å²) in [4.78, 5) is 56.8. The van der Waals surface area contributed by atoms with Crippen LogP contribution in [0.4, 0.5) is 9.59 Å². The van der Waals surface area contributed by atoms with Crippen LogP contribution in [-0.2, 0) is 66.1 Å². The lowest BCUT2D eigenvalue weighted by molar-refractivity contribution is -0.166. The zero-order chi connectivity index (χ0) is 53.7. The van der Waals surface area contributed by atoms with Crippen LogP contribution in [0.25, 0.3) is 118 Å². The number of benzene rings is 11. The third kappa shape index (κ3) is 4.92. The average Bonchev–Trinajstić information content (AvgIpc) is 2.65. The van der Waals surface area contributed by atoms with Crippen LogP contribution in [0.15, 0.2) is 78.9 Å². The SMILES string of the molecule is CC(C)(C)OC(=O)Oc1ccc(CCCOC(=O)C2(C(=O)OCCCc3ccc(OC(=O)OC(C)(C)C)cc3)C3c4cc5c6c7c(cc8cc9c%10c%11c(cc%12cc%13c%14c(c%15c4c6c4c%15c6c%14c%12c%11c6c6c%10c8c7c46)C32C%13)C9)C5)cc1. The lowest BCUT2D eigenvalue weighted by Gasteiger charge is -2.23. The van der Waals surface area contributed by atoms with Gasteiger partial charge in [0.25, 0.3) is 0 Å². The van der Waals surface area contributed by atoms with Gasteiger partial charge in [0.05, 0.1) is 13.2 Å². The highest BCUT2D eigenvalue weighted by atomic mass is 16.7. The molecule has 0 bridgehead atoms. The van der Waals surface area contributed by atoms with E-state index in [1.54, 1.807) is 65.8 Å². The third-order valence-corrected chi connectivity index (χ3v) is 19.8. The van der Waals surface area contributed by atoms with Crippen LogP contribution in [0.1, 0.15) is 110 Å². The zero-order valence-electron chi connectivity index (χ0n) is 45.0. The molecule has 0 amide bonds. The molecule has 80 heavy (non-hydrogen) atoms. The van der Waals surface area contributed by atoms with E-state index < -0.39 is 52.2 Å². The zero-order valence-corrected chi connectivity index (χ0v) is 45.0. The standard InChI is InChI=1S/C70H50O10/c1-67(2,3)79-65(73)77-38-15-11-29(12-16-38)9-7-19-75-63(71)70(64(72)76-20-8-10-30-13-17-39(18-14-30)78-66(74)80-68(4,5)6)62-40-27-36-25-33-23-34-22-31-21-32-24-35-26-37-28-69(62,70)61-47(37)52-46(35)51-42(32)41(31)49-45(34)50-43(33)44(36)53-48(40)60(61)59-57(52)55(51)54(49)56(50)58(53)59/h11-18,22-24,26-27,62H,7-10,19-21,25,28H2,1-6H3. The molecule has 10 heteroatoms. The predicted octanol–water partition coefficient (Wildman–Crippen LogP) is 15.6. The number of hydrogen-bond donors (Lipinski definition) is 0. The van der Waals surface area contributed by atoms with E-state index in [1.165, 1.54) is 146 Å². The smallest absolute Gasteiger partial charge is 0.465 e. The maximum Gasteiger partial charge on any atom is 0.514 e. The number of aryl methyl sites for hydroxylation is 2. The minimum atomic E-state index is -1.65. The minimum Gasteiger partial charge on any atom is -0.465 e. The molecule has 2 atom stereocenters. The van der Waals surface area contributed by atoms with Crippen molar-refractivity contribution < 1.29 is 47.6 Å². The molecular weight excluding hydrogens is 1000 g/mol. The lowest BCUT2D eigenvalue weighted by atomic mass is 9.80. The summed E-state index contributed by atoms with van der Waals surface area (Å²) < 4.78 is 34.7. The predicted molar refractivity (Wildman–Crippen MR) is 310 cm³/mol. The van der Waals surface area contributed by atoms with Crippen LogP contribution >= 0.6 is 0 Å². The first-order valence-electron chi connectivity index (χ1n) is 28.4. The molecule has 0 aromatic heterocycles. The van der Waals surface area contributed by atoms with E-state index in [2.05, 4.69) is 30.3 Å². The molecule has 2 unspecified atom stereocenters. The van der Waals surface area contributed by atoms with Crippen molar-refractivity contribution in [2.75, 3.05) is 13.2 Å². The molecular formula is C70H50O10. The lowest BCUT2D eigenvalue weighted by Crippen LogP contribution is -2.37. The Morgan fingerprint density at radius 1 is 0.450 bits per heavy atom. The summed E-state index contributed by atoms with van der Waals surface area (Å²) in [6.07, 6.45) is 2.91. The molecule has 390 valence electrons. The van der Waals surface area contributed by atoms with Crippen molar-refractivity contribution in [3.05, 3.63) is 129 Å². The van der Waals surface area contributed by atoms with E-state index in [-0.39, 0.29) is 13.2 Å². The Hall–Kier alpha value is -8.50. The van der Waals surface area contributed by atoms with Crippen molar-refractivity contribution in [2.45, 2.75) is 109 Å². The molecule has 10 nitrogen and oxygen atoms in total. The van der Waals surface area contributed by atoms with Gasteiger partial charge in [-0.05, 0) is 279 Å². The second-order valence-corrected chi connectivity index (χ2v) is 26.2. The highest BCUT2D eigenvalue weighted by Crippen LogP contribution is 2.84. The van der Waals surface area contributed by atoms with E-state index >= 15 is 9.59 Å². The molecule has 0 saturated heterocycles. The molecule has 0 radical (unpaired) electrons. The van der Waals surface area contributed by atoms with Crippen molar-refractivity contribution in [1.82, 2.24) is 0 Å². The van der Waals surface area contributed by atoms with Crippen molar-refractivity contribution in [1.29, 1.82) is 0 Å². The number of rotatable bonds is 12. The maximum absolute atomic E-state index is 16.0. The summed E-state index contributed by atoms with van der Waals surface area (Å²) in [5.74, 6) is -0.787. The fourth-order valence-electron chi connectivity index (χ4n) is 17.6. The van der Waals surface area contributed by atoms with E-state index in [0.717, 1.165) is 35.1 Å². The first kappa shape index (κ1) is 44.4. The van der Waals surface area contributed by atoms with Crippen LogP contribution in [0.3, 0.4) is 0 Å². The number of carbonyl (C=O) groups is 4. The van der Waals surface area contributed by atoms with Gasteiger partial charge in [-0.3, -0.25) is 9.59 Å². The second kappa shape index (κ2) is 13.7. The van der Waals surface area contributed by atoms with Crippen molar-refractivity contribution in [3.63, 3.8) is 0 Å². The Labute approximate surface area is 456 Å². The molecule has 14 aromatic carbocycles. The molecule has 0 N–H and O–H groups in total. The first-order valence-corrected chi connectivity index (χ1v) is 28.4. The Kier molecular flexibility index (Phi) is 7.61. The van der Waals surface area contributed by atoms with Crippen LogP contribution in [0.5, 0.6) is 11.5 Å². The Bertz CT molecular complexity index is 5030. The van der Waals surface area contributed by atoms with Crippen LogP contribution in [0, 0.1) is 5.41 Å². The van der Waals surface area contributed by atoms with Gasteiger partial charge in [0, 0.05) is 11.3 Å². The highest BCUT2D eigenvalue weighted by Gasteiger charge is 2.89. The van der Waals surface area contributed by atoms with E-state index in [4.69, 9.17) is 28.4 Å². The van der Waals surface area contributed by atoms with E-state index in [0.29, 0.717) is 43.6 Å². The summed E-state index contributed by atoms with van der Waals surface area (Å²) in [6, 6.07) is 26.9. The van der Waals surface area contributed by atoms with Gasteiger partial charge in [-0.1, -0.05) is 54.6 Å². The summed E-state index contributed by atoms with van der Waals surface area (Å²) in [7, 11) is 0. The number of carbonyl (C=O) groups excluding carboxylic acids is 4. The van der Waals surface area contributed by atoms with Gasteiger partial charge in [-0.2, -0.15) is 0 Å². The quantitative estimate of drug-likeness (QED) is 0.0292. The molecule has 5 aliphatic rings. The Morgan fingerprint density at radius 3 is 1.29 bits per heavy atom. The minimum absolute atomic E-state index is 0.102. The van der Waals surface area contributed by atoms with Gasteiger partial charge in [-0.15, -0.1) is 0 Å². The van der Waals surface area contributed by atoms with Crippen molar-refractivity contribution in [2.24, 2.45) is 5.41 Å². The average molecular weight is 1050 g/mol. The van der Waals surface area contributed by atoms with Crippen LogP contribution in [0.2, 0.25) is 0 Å². The molecule has 14 aromatic rings. The number of ether oxygens (including phenoxy) is 6. The summed E-state index contributed by atoms with van der Waals surface area (Å²) in [5.41, 5.74) is 6.98. The van der Waals surface area contributed by atoms with Crippen LogP contribution < -0.4 is 9.47 Å². The van der Waals surface area contributed by atoms with Gasteiger partial charge < -0.3 is 28.4 Å². The summed E-state index contributed by atoms with van der Waals surface area (Å²) in [6.45, 7) is 10.9. The largest absolute Gasteiger partial charge is 0.514 e. The Balaban J connectivity index is 0.743. The van der Waals surface area contributed by atoms with Gasteiger partial charge in [0.1, 0.15) is 22.7 Å². The fourth-order valence-corrected chi connectivity index (χ4v) is 17.6. The normalized spacial score (nSPS) is 18.5. The number of hydrogen-bond acceptors (Lipinski definition) is 10. The molecule has 19 rings (SSSR count). The van der Waals surface area contributed by atoms with Gasteiger partial charge in [0.2, 0.25) is 0 Å². The first-order chi connectivity index (χ1) is 38.5. The van der Waals surface area contributed by atoms with Gasteiger partial charge in [0.15, 0.2) is 5.41 Å². The summed E-state index contributed by atoms with van der Waals surface area (Å²) >= 11 is 0. The third-order valence-electron chi connectivity index (χ3n) is 19.8. The maximum atomic E-state index is 16.0. The molecule has 1 spiro atoms. The molecule has 1 fully saturated rings. The van der Waals surface area contributed by atoms with Gasteiger partial charge in [-0.25, -0.2) is 9.59 Å². The number of fused-ring (bicyclic) bond motifs is 1. The molecule has 1 saturated carbocycles. The molecule has 5 aliphatic carbocycles.